The Kier molecular flexibility index (Phi) is 6.49. The van der Waals surface area contributed by atoms with Crippen molar-refractivity contribution in [1.82, 2.24) is 9.55 Å². The molecule has 12 heteroatoms. The van der Waals surface area contributed by atoms with E-state index in [-0.39, 0.29) is 5.69 Å². The zero-order chi connectivity index (χ0) is 23.6. The molecular formula is C20H18ClF3N4O4. The van der Waals surface area contributed by atoms with Crippen molar-refractivity contribution in [3.8, 4) is 11.5 Å². The van der Waals surface area contributed by atoms with Crippen molar-refractivity contribution in [1.29, 1.82) is 0 Å². The lowest BCUT2D eigenvalue weighted by atomic mass is 10.0. The smallest absolute Gasteiger partial charge is 0.418 e. The highest BCUT2D eigenvalue weighted by atomic mass is 35.5. The first-order chi connectivity index (χ1) is 15.0. The normalized spacial score (nSPS) is 12.3. The molecule has 1 heterocycles. The lowest BCUT2D eigenvalue weighted by Crippen LogP contribution is -2.18. The summed E-state index contributed by atoms with van der Waals surface area (Å²) in [7, 11) is 4.63. The van der Waals surface area contributed by atoms with Crippen LogP contribution in [0.1, 0.15) is 23.0 Å². The zero-order valence-electron chi connectivity index (χ0n) is 17.1. The number of hydrogen-bond donors (Lipinski definition) is 1. The second kappa shape index (κ2) is 8.95. The second-order valence-corrected chi connectivity index (χ2v) is 7.13. The number of hydrogen-bond acceptors (Lipinski definition) is 6. The molecule has 1 aromatic heterocycles. The minimum Gasteiger partial charge on any atom is -0.497 e. The monoisotopic (exact) mass is 470 g/mol. The Morgan fingerprint density at radius 2 is 1.78 bits per heavy atom. The molecule has 0 aliphatic rings. The van der Waals surface area contributed by atoms with Gasteiger partial charge >= 0.3 is 6.18 Å². The summed E-state index contributed by atoms with van der Waals surface area (Å²) in [6.07, 6.45) is -1.66. The maximum absolute atomic E-state index is 13.2. The van der Waals surface area contributed by atoms with Crippen molar-refractivity contribution in [2.24, 2.45) is 7.05 Å². The third-order valence-corrected chi connectivity index (χ3v) is 5.02. The molecule has 3 aromatic rings. The Bertz CT molecular complexity index is 1130. The molecule has 0 aliphatic heterocycles. The Morgan fingerprint density at radius 1 is 1.16 bits per heavy atom. The van der Waals surface area contributed by atoms with Crippen LogP contribution in [0.25, 0.3) is 0 Å². The predicted octanol–water partition coefficient (Wildman–Crippen LogP) is 5.22. The number of benzene rings is 2. The van der Waals surface area contributed by atoms with Crippen molar-refractivity contribution < 1.29 is 27.6 Å². The van der Waals surface area contributed by atoms with Crippen LogP contribution >= 0.6 is 11.6 Å². The number of methoxy groups -OCH3 is 2. The fraction of sp³-hybridized carbons (Fsp3) is 0.250. The van der Waals surface area contributed by atoms with Gasteiger partial charge in [0.1, 0.15) is 29.1 Å². The lowest BCUT2D eigenvalue weighted by Gasteiger charge is -2.22. The molecule has 1 atom stereocenters. The van der Waals surface area contributed by atoms with Gasteiger partial charge in [0.15, 0.2) is 0 Å². The van der Waals surface area contributed by atoms with Gasteiger partial charge < -0.3 is 19.4 Å². The molecule has 0 radical (unpaired) electrons. The summed E-state index contributed by atoms with van der Waals surface area (Å²) >= 11 is 5.83. The second-order valence-electron chi connectivity index (χ2n) is 6.72. The van der Waals surface area contributed by atoms with Crippen LogP contribution in [0, 0.1) is 10.1 Å². The topological polar surface area (TPSA) is 91.4 Å². The minimum atomic E-state index is -4.85. The third kappa shape index (κ3) is 4.72. The van der Waals surface area contributed by atoms with Gasteiger partial charge in [0.25, 0.3) is 5.69 Å². The number of nitrogens with zero attached hydrogens (tertiary/aromatic N) is 3. The molecule has 2 aromatic carbocycles. The first-order valence-electron chi connectivity index (χ1n) is 9.07. The fourth-order valence-corrected chi connectivity index (χ4v) is 3.42. The van der Waals surface area contributed by atoms with E-state index in [1.165, 1.54) is 20.4 Å². The van der Waals surface area contributed by atoms with Crippen molar-refractivity contribution in [3.63, 3.8) is 0 Å². The highest BCUT2D eigenvalue weighted by Gasteiger charge is 2.36. The number of aryl methyl sites for hydroxylation is 1. The maximum atomic E-state index is 13.2. The van der Waals surface area contributed by atoms with Gasteiger partial charge in [-0.15, -0.1) is 0 Å². The van der Waals surface area contributed by atoms with Crippen LogP contribution < -0.4 is 14.8 Å². The molecular weight excluding hydrogens is 453 g/mol. The summed E-state index contributed by atoms with van der Waals surface area (Å²) in [5.74, 6) is 1.33. The number of nitrogens with one attached hydrogen (secondary N) is 1. The van der Waals surface area contributed by atoms with E-state index in [1.807, 2.05) is 0 Å². The van der Waals surface area contributed by atoms with Crippen LogP contribution in [0.5, 0.6) is 11.5 Å². The third-order valence-electron chi connectivity index (χ3n) is 4.71. The molecule has 8 nitrogen and oxygen atoms in total. The Morgan fingerprint density at radius 3 is 2.25 bits per heavy atom. The Labute approximate surface area is 185 Å². The average Bonchev–Trinajstić information content (AvgIpc) is 3.15. The highest BCUT2D eigenvalue weighted by molar-refractivity contribution is 6.31. The highest BCUT2D eigenvalue weighted by Crippen LogP contribution is 2.42. The summed E-state index contributed by atoms with van der Waals surface area (Å²) in [5, 5.41) is 13.8. The lowest BCUT2D eigenvalue weighted by molar-refractivity contribution is -0.384. The van der Waals surface area contributed by atoms with E-state index in [1.54, 1.807) is 36.0 Å². The molecule has 0 saturated carbocycles. The predicted molar refractivity (Wildman–Crippen MR) is 111 cm³/mol. The Hall–Kier alpha value is -3.47. The van der Waals surface area contributed by atoms with Gasteiger partial charge in [-0.25, -0.2) is 4.98 Å². The van der Waals surface area contributed by atoms with E-state index >= 15 is 0 Å². The van der Waals surface area contributed by atoms with Crippen LogP contribution in [0.4, 0.5) is 24.5 Å². The van der Waals surface area contributed by atoms with Gasteiger partial charge in [-0.1, -0.05) is 11.6 Å². The van der Waals surface area contributed by atoms with Crippen molar-refractivity contribution in [3.05, 3.63) is 74.8 Å². The van der Waals surface area contributed by atoms with Gasteiger partial charge in [0.2, 0.25) is 0 Å². The molecule has 0 saturated heterocycles. The molecule has 0 fully saturated rings. The Balaban J connectivity index is 2.18. The SMILES string of the molecule is COc1cc(OC)cc(C(Nc2cc(Cl)c(C(F)(F)F)cc2[N+](=O)[O-])c2nccn2C)c1. The summed E-state index contributed by atoms with van der Waals surface area (Å²) in [4.78, 5) is 15.0. The molecule has 170 valence electrons. The van der Waals surface area contributed by atoms with Gasteiger partial charge in [-0.3, -0.25) is 10.1 Å². The van der Waals surface area contributed by atoms with E-state index in [4.69, 9.17) is 21.1 Å². The van der Waals surface area contributed by atoms with Gasteiger partial charge in [0, 0.05) is 31.6 Å². The maximum Gasteiger partial charge on any atom is 0.418 e. The van der Waals surface area contributed by atoms with Crippen LogP contribution in [0.15, 0.2) is 42.7 Å². The molecule has 1 unspecified atom stereocenters. The van der Waals surface area contributed by atoms with Crippen molar-refractivity contribution in [2.45, 2.75) is 12.2 Å². The van der Waals surface area contributed by atoms with Crippen molar-refractivity contribution in [2.75, 3.05) is 19.5 Å². The van der Waals surface area contributed by atoms with Gasteiger partial charge in [-0.05, 0) is 23.8 Å². The standard InChI is InChI=1S/C20H18ClF3N4O4/c1-27-5-4-25-19(27)18(11-6-12(31-2)8-13(7-11)32-3)26-16-10-15(21)14(20(22,23)24)9-17(16)28(29)30/h4-10,18,26H,1-3H3. The minimum absolute atomic E-state index is 0.206. The molecule has 0 spiro atoms. The number of halogens is 4. The van der Waals surface area contributed by atoms with Crippen molar-refractivity contribution >= 4 is 23.0 Å². The van der Waals surface area contributed by atoms with E-state index < -0.39 is 33.4 Å². The zero-order valence-corrected chi connectivity index (χ0v) is 17.9. The van der Waals surface area contributed by atoms with Crippen LogP contribution in [0.2, 0.25) is 5.02 Å². The van der Waals surface area contributed by atoms with Crippen LogP contribution in [-0.2, 0) is 13.2 Å². The summed E-state index contributed by atoms with van der Waals surface area (Å²) in [6, 6.07) is 5.43. The summed E-state index contributed by atoms with van der Waals surface area (Å²) in [6.45, 7) is 0. The number of ether oxygens (including phenoxy) is 2. The number of nitro benzene ring substituents is 1. The van der Waals surface area contributed by atoms with E-state index in [0.717, 1.165) is 6.07 Å². The first-order valence-corrected chi connectivity index (χ1v) is 9.44. The molecule has 0 bridgehead atoms. The first kappa shape index (κ1) is 23.2. The molecule has 0 amide bonds. The van der Waals surface area contributed by atoms with E-state index in [0.29, 0.717) is 29.0 Å². The van der Waals surface area contributed by atoms with E-state index in [9.17, 15) is 23.3 Å². The number of aromatic nitrogens is 2. The van der Waals surface area contributed by atoms with E-state index in [2.05, 4.69) is 10.3 Å². The molecule has 0 aliphatic carbocycles. The molecule has 1 N–H and O–H groups in total. The van der Waals surface area contributed by atoms with Gasteiger partial charge in [-0.2, -0.15) is 13.2 Å². The molecule has 32 heavy (non-hydrogen) atoms. The summed E-state index contributed by atoms with van der Waals surface area (Å²) < 4.78 is 51.9. The quantitative estimate of drug-likeness (QED) is 0.376. The number of rotatable bonds is 7. The fourth-order valence-electron chi connectivity index (χ4n) is 3.15. The number of imidazole rings is 1. The molecule has 3 rings (SSSR count). The number of anilines is 1. The number of alkyl halides is 3. The largest absolute Gasteiger partial charge is 0.497 e. The average molecular weight is 471 g/mol. The van der Waals surface area contributed by atoms with Crippen LogP contribution in [0.3, 0.4) is 0 Å². The number of nitro groups is 1. The van der Waals surface area contributed by atoms with Crippen LogP contribution in [-0.4, -0.2) is 28.7 Å². The van der Waals surface area contributed by atoms with Gasteiger partial charge in [0.05, 0.1) is 29.7 Å². The summed E-state index contributed by atoms with van der Waals surface area (Å²) in [5.41, 5.74) is -1.74.